The molecule has 0 spiro atoms. The molecule has 1 aliphatic rings. The number of aromatic nitrogens is 3. The molecule has 5 rings (SSSR count). The van der Waals surface area contributed by atoms with Gasteiger partial charge in [-0.15, -0.1) is 0 Å². The third-order valence-electron chi connectivity index (χ3n) is 5.53. The standard InChI is InChI=1S/C23H19N5O5/c1-12-20(22(32)28(26-12)23-25-17-5-3-4-6-18(17)33-23)16-11-19(30)27(21(16)31)15-9-7-14(8-10-15)24-13(2)29/h3-10,16,26H,11H2,1-2H3,(H,24,29). The number of hydrogen-bond acceptors (Lipinski definition) is 6. The molecule has 1 unspecified atom stereocenters. The summed E-state index contributed by atoms with van der Waals surface area (Å²) >= 11 is 0. The number of fused-ring (bicyclic) bond motifs is 1. The molecule has 1 saturated heterocycles. The molecule has 0 aliphatic carbocycles. The van der Waals surface area contributed by atoms with Crippen molar-refractivity contribution in [3.63, 3.8) is 0 Å². The molecule has 0 saturated carbocycles. The Hall–Kier alpha value is -4.47. The summed E-state index contributed by atoms with van der Waals surface area (Å²) in [7, 11) is 0. The second kappa shape index (κ2) is 7.59. The largest absolute Gasteiger partial charge is 0.422 e. The van der Waals surface area contributed by atoms with Gasteiger partial charge in [-0.25, -0.2) is 0 Å². The van der Waals surface area contributed by atoms with E-state index in [9.17, 15) is 19.2 Å². The first kappa shape index (κ1) is 20.4. The maximum absolute atomic E-state index is 13.2. The van der Waals surface area contributed by atoms with Crippen LogP contribution in [0.3, 0.4) is 0 Å². The Morgan fingerprint density at radius 3 is 2.55 bits per heavy atom. The van der Waals surface area contributed by atoms with E-state index < -0.39 is 23.3 Å². The fourth-order valence-corrected chi connectivity index (χ4v) is 4.09. The first-order valence-corrected chi connectivity index (χ1v) is 10.3. The van der Waals surface area contributed by atoms with Gasteiger partial charge in [-0.05, 0) is 43.3 Å². The topological polar surface area (TPSA) is 130 Å². The summed E-state index contributed by atoms with van der Waals surface area (Å²) in [5, 5.41) is 5.54. The zero-order chi connectivity index (χ0) is 23.3. The van der Waals surface area contributed by atoms with Crippen molar-refractivity contribution in [3.8, 4) is 6.01 Å². The fourth-order valence-electron chi connectivity index (χ4n) is 4.09. The molecule has 33 heavy (non-hydrogen) atoms. The van der Waals surface area contributed by atoms with Crippen LogP contribution in [-0.4, -0.2) is 32.5 Å². The van der Waals surface area contributed by atoms with E-state index in [-0.39, 0.29) is 23.9 Å². The van der Waals surface area contributed by atoms with Crippen molar-refractivity contribution in [2.24, 2.45) is 0 Å². The van der Waals surface area contributed by atoms with E-state index in [1.807, 2.05) is 6.07 Å². The lowest BCUT2D eigenvalue weighted by atomic mass is 9.98. The number of anilines is 2. The van der Waals surface area contributed by atoms with Gasteiger partial charge >= 0.3 is 6.01 Å². The fraction of sp³-hybridized carbons (Fsp3) is 0.174. The molecule has 1 atom stereocenters. The van der Waals surface area contributed by atoms with Crippen LogP contribution in [0, 0.1) is 6.92 Å². The normalized spacial score (nSPS) is 16.1. The molecular weight excluding hydrogens is 426 g/mol. The molecule has 2 aromatic carbocycles. The predicted octanol–water partition coefficient (Wildman–Crippen LogP) is 2.62. The van der Waals surface area contributed by atoms with Crippen LogP contribution >= 0.6 is 0 Å². The number of H-pyrrole nitrogens is 1. The van der Waals surface area contributed by atoms with Gasteiger partial charge in [-0.3, -0.25) is 29.2 Å². The van der Waals surface area contributed by atoms with Crippen molar-refractivity contribution in [1.82, 2.24) is 14.8 Å². The van der Waals surface area contributed by atoms with E-state index in [1.54, 1.807) is 49.4 Å². The van der Waals surface area contributed by atoms with Crippen LogP contribution in [0.1, 0.15) is 30.5 Å². The predicted molar refractivity (Wildman–Crippen MR) is 119 cm³/mol. The van der Waals surface area contributed by atoms with Crippen LogP contribution in [0.25, 0.3) is 17.1 Å². The van der Waals surface area contributed by atoms with E-state index in [0.717, 1.165) is 9.58 Å². The average Bonchev–Trinajstić information content (AvgIpc) is 3.41. The lowest BCUT2D eigenvalue weighted by Gasteiger charge is -2.15. The van der Waals surface area contributed by atoms with Crippen molar-refractivity contribution in [3.05, 3.63) is 70.1 Å². The molecule has 2 N–H and O–H groups in total. The Labute approximate surface area is 186 Å². The number of oxazole rings is 1. The minimum atomic E-state index is -0.929. The molecule has 10 nitrogen and oxygen atoms in total. The summed E-state index contributed by atoms with van der Waals surface area (Å²) in [4.78, 5) is 55.7. The van der Waals surface area contributed by atoms with Crippen LogP contribution in [-0.2, 0) is 14.4 Å². The number of benzene rings is 2. The second-order valence-corrected chi connectivity index (χ2v) is 7.81. The Morgan fingerprint density at radius 1 is 1.12 bits per heavy atom. The number of rotatable bonds is 4. The van der Waals surface area contributed by atoms with Gasteiger partial charge in [0.15, 0.2) is 5.58 Å². The molecule has 2 aromatic heterocycles. The highest BCUT2D eigenvalue weighted by atomic mass is 16.4. The summed E-state index contributed by atoms with van der Waals surface area (Å²) in [6.45, 7) is 3.05. The smallest absolute Gasteiger partial charge is 0.325 e. The number of aryl methyl sites for hydroxylation is 1. The van der Waals surface area contributed by atoms with Gasteiger partial charge in [0.25, 0.3) is 5.56 Å². The van der Waals surface area contributed by atoms with Crippen molar-refractivity contribution in [1.29, 1.82) is 0 Å². The van der Waals surface area contributed by atoms with E-state index in [1.165, 1.54) is 6.92 Å². The highest BCUT2D eigenvalue weighted by Crippen LogP contribution is 2.33. The zero-order valence-electron chi connectivity index (χ0n) is 17.8. The van der Waals surface area contributed by atoms with Crippen molar-refractivity contribution in [2.45, 2.75) is 26.2 Å². The number of imide groups is 1. The quantitative estimate of drug-likeness (QED) is 0.465. The van der Waals surface area contributed by atoms with Crippen LogP contribution in [0.15, 0.2) is 57.7 Å². The maximum Gasteiger partial charge on any atom is 0.325 e. The highest BCUT2D eigenvalue weighted by molar-refractivity contribution is 6.22. The minimum Gasteiger partial charge on any atom is -0.422 e. The zero-order valence-corrected chi connectivity index (χ0v) is 17.8. The second-order valence-electron chi connectivity index (χ2n) is 7.81. The van der Waals surface area contributed by atoms with Gasteiger partial charge in [0, 0.05) is 24.7 Å². The van der Waals surface area contributed by atoms with Gasteiger partial charge in [0.1, 0.15) is 5.52 Å². The summed E-state index contributed by atoms with van der Waals surface area (Å²) < 4.78 is 6.82. The van der Waals surface area contributed by atoms with Gasteiger partial charge in [0.05, 0.1) is 17.2 Å². The van der Waals surface area contributed by atoms with Crippen LogP contribution in [0.4, 0.5) is 11.4 Å². The van der Waals surface area contributed by atoms with Crippen molar-refractivity contribution < 1.29 is 18.8 Å². The monoisotopic (exact) mass is 445 g/mol. The number of aromatic amines is 1. The van der Waals surface area contributed by atoms with Gasteiger partial charge < -0.3 is 9.73 Å². The molecule has 3 amide bonds. The SMILES string of the molecule is CC(=O)Nc1ccc(N2C(=O)CC(c3c(C)[nH]n(-c4nc5ccccc5o4)c3=O)C2=O)cc1. The molecule has 1 fully saturated rings. The lowest BCUT2D eigenvalue weighted by Crippen LogP contribution is -2.31. The third-order valence-corrected chi connectivity index (χ3v) is 5.53. The highest BCUT2D eigenvalue weighted by Gasteiger charge is 2.43. The Morgan fingerprint density at radius 2 is 1.85 bits per heavy atom. The van der Waals surface area contributed by atoms with Crippen LogP contribution in [0.5, 0.6) is 0 Å². The van der Waals surface area contributed by atoms with Crippen LogP contribution in [0.2, 0.25) is 0 Å². The molecular formula is C23H19N5O5. The average molecular weight is 445 g/mol. The first-order chi connectivity index (χ1) is 15.8. The van der Waals surface area contributed by atoms with Gasteiger partial charge in [-0.1, -0.05) is 12.1 Å². The van der Waals surface area contributed by atoms with E-state index in [2.05, 4.69) is 15.4 Å². The van der Waals surface area contributed by atoms with Gasteiger partial charge in [0.2, 0.25) is 17.7 Å². The molecule has 4 aromatic rings. The molecule has 0 radical (unpaired) electrons. The maximum atomic E-state index is 13.2. The number of nitrogens with one attached hydrogen (secondary N) is 2. The van der Waals surface area contributed by atoms with Crippen LogP contribution < -0.4 is 15.8 Å². The Bertz CT molecular complexity index is 1440. The number of carbonyl (C=O) groups excluding carboxylic acids is 3. The van der Waals surface area contributed by atoms with E-state index >= 15 is 0 Å². The number of nitrogens with zero attached hydrogens (tertiary/aromatic N) is 3. The number of para-hydroxylation sites is 2. The number of carbonyl (C=O) groups is 3. The van der Waals surface area contributed by atoms with E-state index in [4.69, 9.17) is 4.42 Å². The number of amides is 3. The Balaban J connectivity index is 1.48. The summed E-state index contributed by atoms with van der Waals surface area (Å²) in [6, 6.07) is 13.5. The summed E-state index contributed by atoms with van der Waals surface area (Å²) in [6.07, 6.45) is -0.131. The minimum absolute atomic E-state index is 0.0535. The molecule has 3 heterocycles. The molecule has 1 aliphatic heterocycles. The van der Waals surface area contributed by atoms with Crippen molar-refractivity contribution in [2.75, 3.05) is 10.2 Å². The van der Waals surface area contributed by atoms with Gasteiger partial charge in [-0.2, -0.15) is 9.67 Å². The van der Waals surface area contributed by atoms with E-state index in [0.29, 0.717) is 28.2 Å². The lowest BCUT2D eigenvalue weighted by molar-refractivity contribution is -0.121. The molecule has 166 valence electrons. The third kappa shape index (κ3) is 3.41. The Kier molecular flexibility index (Phi) is 4.70. The summed E-state index contributed by atoms with van der Waals surface area (Å²) in [5.74, 6) is -2.06. The first-order valence-electron chi connectivity index (χ1n) is 10.3. The molecule has 0 bridgehead atoms. The summed E-state index contributed by atoms with van der Waals surface area (Å²) in [5.41, 5.74) is 2.19. The number of hydrogen-bond donors (Lipinski definition) is 2. The van der Waals surface area contributed by atoms with Crippen molar-refractivity contribution >= 4 is 40.2 Å². The molecule has 10 heteroatoms.